The molecule has 0 radical (unpaired) electrons. The van der Waals surface area contributed by atoms with E-state index in [4.69, 9.17) is 21.9 Å². The fourth-order valence-corrected chi connectivity index (χ4v) is 3.05. The largest absolute Gasteiger partial charge is 0.387 e. The van der Waals surface area contributed by atoms with Gasteiger partial charge in [-0.15, -0.1) is 0 Å². The number of anilines is 1. The minimum Gasteiger partial charge on any atom is -0.387 e. The lowest BCUT2D eigenvalue weighted by atomic mass is 9.91. The van der Waals surface area contributed by atoms with Crippen LogP contribution in [-0.4, -0.2) is 54.1 Å². The molecule has 4 atom stereocenters. The van der Waals surface area contributed by atoms with Crippen molar-refractivity contribution in [1.29, 1.82) is 0 Å². The van der Waals surface area contributed by atoms with Gasteiger partial charge in [0.25, 0.3) is 0 Å². The molecule has 25 heavy (non-hydrogen) atoms. The summed E-state index contributed by atoms with van der Waals surface area (Å²) >= 11 is 0. The van der Waals surface area contributed by atoms with E-state index in [0.717, 1.165) is 5.57 Å². The van der Waals surface area contributed by atoms with Crippen LogP contribution < -0.4 is 17.2 Å². The molecule has 10 nitrogen and oxygen atoms in total. The molecule has 0 unspecified atom stereocenters. The van der Waals surface area contributed by atoms with Crippen molar-refractivity contribution in [2.24, 2.45) is 11.5 Å². The van der Waals surface area contributed by atoms with E-state index in [-0.39, 0.29) is 5.82 Å². The van der Waals surface area contributed by atoms with Crippen LogP contribution in [0.1, 0.15) is 19.8 Å². The normalized spacial score (nSPS) is 32.4. The lowest BCUT2D eigenvalue weighted by molar-refractivity contribution is -0.181. The summed E-state index contributed by atoms with van der Waals surface area (Å²) in [6.45, 7) is 5.58. The second-order valence-corrected chi connectivity index (χ2v) is 6.48. The summed E-state index contributed by atoms with van der Waals surface area (Å²) in [5.74, 6) is -1.60. The van der Waals surface area contributed by atoms with E-state index in [1.54, 1.807) is 0 Å². The first kappa shape index (κ1) is 17.7. The second kappa shape index (κ2) is 6.00. The predicted octanol–water partition coefficient (Wildman–Crippen LogP) is -1.22. The van der Waals surface area contributed by atoms with Crippen molar-refractivity contribution in [2.75, 3.05) is 12.3 Å². The SMILES string of the molecule is C=C(CN)CC[C@H]1O[C@@](N)(n2cnc3c(N)ncnc32)[C@](C)(O)[C@@H]1O. The summed E-state index contributed by atoms with van der Waals surface area (Å²) < 4.78 is 7.24. The molecule has 2 aromatic heterocycles. The predicted molar refractivity (Wildman–Crippen MR) is 90.8 cm³/mol. The number of hydrogen-bond acceptors (Lipinski definition) is 9. The maximum atomic E-state index is 10.9. The minimum atomic E-state index is -1.80. The summed E-state index contributed by atoms with van der Waals surface area (Å²) in [5.41, 5.74) is 17.4. The Morgan fingerprint density at radius 3 is 2.84 bits per heavy atom. The van der Waals surface area contributed by atoms with Crippen LogP contribution in [0.4, 0.5) is 5.82 Å². The fraction of sp³-hybridized carbons (Fsp3) is 0.533. The van der Waals surface area contributed by atoms with Crippen LogP contribution in [0.3, 0.4) is 0 Å². The highest BCUT2D eigenvalue weighted by atomic mass is 16.6. The number of ether oxygens (including phenoxy) is 1. The number of rotatable bonds is 5. The van der Waals surface area contributed by atoms with E-state index in [1.165, 1.54) is 24.1 Å². The molecule has 0 aromatic carbocycles. The Labute approximate surface area is 144 Å². The molecule has 10 heteroatoms. The Balaban J connectivity index is 1.98. The van der Waals surface area contributed by atoms with Crippen LogP contribution in [0.25, 0.3) is 11.2 Å². The van der Waals surface area contributed by atoms with Gasteiger partial charge in [-0.25, -0.2) is 15.0 Å². The van der Waals surface area contributed by atoms with Gasteiger partial charge in [0.15, 0.2) is 17.1 Å². The quantitative estimate of drug-likeness (QED) is 0.415. The first-order valence-corrected chi connectivity index (χ1v) is 7.90. The van der Waals surface area contributed by atoms with Gasteiger partial charge in [0.2, 0.25) is 5.85 Å². The van der Waals surface area contributed by atoms with Crippen LogP contribution in [-0.2, 0) is 10.6 Å². The van der Waals surface area contributed by atoms with Crippen LogP contribution in [0.15, 0.2) is 24.8 Å². The van der Waals surface area contributed by atoms with Gasteiger partial charge in [-0.3, -0.25) is 10.3 Å². The number of aliphatic hydroxyl groups excluding tert-OH is 1. The Bertz CT molecular complexity index is 806. The summed E-state index contributed by atoms with van der Waals surface area (Å²) in [6, 6.07) is 0. The maximum Gasteiger partial charge on any atom is 0.234 e. The number of nitrogen functional groups attached to an aromatic ring is 1. The molecule has 0 aliphatic carbocycles. The van der Waals surface area contributed by atoms with Crippen molar-refractivity contribution in [3.05, 3.63) is 24.8 Å². The van der Waals surface area contributed by atoms with E-state index in [2.05, 4.69) is 21.5 Å². The lowest BCUT2D eigenvalue weighted by Crippen LogP contribution is -2.61. The average Bonchev–Trinajstić information content (AvgIpc) is 3.09. The van der Waals surface area contributed by atoms with Crippen LogP contribution >= 0.6 is 0 Å². The first-order valence-electron chi connectivity index (χ1n) is 7.90. The van der Waals surface area contributed by atoms with Gasteiger partial charge in [-0.2, -0.15) is 0 Å². The van der Waals surface area contributed by atoms with Crippen molar-refractivity contribution in [3.8, 4) is 0 Å². The Morgan fingerprint density at radius 1 is 1.44 bits per heavy atom. The van der Waals surface area contributed by atoms with Gasteiger partial charge < -0.3 is 26.4 Å². The van der Waals surface area contributed by atoms with Crippen LogP contribution in [0, 0.1) is 0 Å². The molecule has 0 bridgehead atoms. The average molecular weight is 349 g/mol. The van der Waals surface area contributed by atoms with Gasteiger partial charge in [-0.05, 0) is 19.8 Å². The molecule has 3 heterocycles. The smallest absolute Gasteiger partial charge is 0.234 e. The number of fused-ring (bicyclic) bond motifs is 1. The molecule has 1 fully saturated rings. The molecule has 1 aliphatic heterocycles. The van der Waals surface area contributed by atoms with E-state index in [9.17, 15) is 10.2 Å². The molecule has 0 saturated carbocycles. The third kappa shape index (κ3) is 2.58. The zero-order valence-electron chi connectivity index (χ0n) is 14.0. The second-order valence-electron chi connectivity index (χ2n) is 6.48. The third-order valence-corrected chi connectivity index (χ3v) is 4.78. The summed E-state index contributed by atoms with van der Waals surface area (Å²) in [5, 5.41) is 21.5. The Morgan fingerprint density at radius 2 is 2.16 bits per heavy atom. The first-order chi connectivity index (χ1) is 11.7. The molecule has 1 saturated heterocycles. The molecule has 0 amide bonds. The van der Waals surface area contributed by atoms with Gasteiger partial charge >= 0.3 is 0 Å². The number of hydrogen-bond donors (Lipinski definition) is 5. The number of nitrogens with zero attached hydrogens (tertiary/aromatic N) is 4. The van der Waals surface area contributed by atoms with Crippen molar-refractivity contribution < 1.29 is 14.9 Å². The lowest BCUT2D eigenvalue weighted by Gasteiger charge is -2.36. The highest BCUT2D eigenvalue weighted by molar-refractivity contribution is 5.81. The standard InChI is InChI=1S/C15H23N7O3/c1-8(5-16)3-4-9-11(23)14(2,24)15(18,25-9)22-7-21-10-12(17)19-6-20-13(10)22/h6-7,9,11,23-24H,1,3-5,16,18H2,2H3,(H2,17,19,20)/t9-,11-,14-,15+/m1/s1. The highest BCUT2D eigenvalue weighted by Crippen LogP contribution is 2.42. The van der Waals surface area contributed by atoms with Gasteiger partial charge in [-0.1, -0.05) is 12.2 Å². The molecule has 2 aromatic rings. The van der Waals surface area contributed by atoms with Gasteiger partial charge in [0.05, 0.1) is 6.10 Å². The number of nitrogens with two attached hydrogens (primary N) is 3. The topological polar surface area (TPSA) is 171 Å². The maximum absolute atomic E-state index is 10.9. The number of aromatic nitrogens is 4. The van der Waals surface area contributed by atoms with E-state index in [1.807, 2.05) is 0 Å². The summed E-state index contributed by atoms with van der Waals surface area (Å²) in [4.78, 5) is 12.1. The third-order valence-electron chi connectivity index (χ3n) is 4.78. The van der Waals surface area contributed by atoms with E-state index in [0.29, 0.717) is 30.6 Å². The fourth-order valence-electron chi connectivity index (χ4n) is 3.05. The van der Waals surface area contributed by atoms with Crippen LogP contribution in [0.5, 0.6) is 0 Å². The minimum absolute atomic E-state index is 0.182. The molecule has 136 valence electrons. The molecular weight excluding hydrogens is 326 g/mol. The zero-order chi connectivity index (χ0) is 18.4. The number of aliphatic hydroxyl groups is 2. The van der Waals surface area contributed by atoms with Crippen molar-refractivity contribution in [3.63, 3.8) is 0 Å². The molecular formula is C15H23N7O3. The molecule has 8 N–H and O–H groups in total. The van der Waals surface area contributed by atoms with Crippen LogP contribution in [0.2, 0.25) is 0 Å². The zero-order valence-corrected chi connectivity index (χ0v) is 14.0. The summed E-state index contributed by atoms with van der Waals surface area (Å²) in [7, 11) is 0. The molecule has 0 spiro atoms. The summed E-state index contributed by atoms with van der Waals surface area (Å²) in [6.07, 6.45) is 1.65. The van der Waals surface area contributed by atoms with E-state index < -0.39 is 23.7 Å². The van der Waals surface area contributed by atoms with Gasteiger partial charge in [0.1, 0.15) is 24.3 Å². The Kier molecular flexibility index (Phi) is 4.25. The molecule has 3 rings (SSSR count). The monoisotopic (exact) mass is 349 g/mol. The molecule has 1 aliphatic rings. The Hall–Kier alpha value is -2.11. The van der Waals surface area contributed by atoms with Crippen molar-refractivity contribution >= 4 is 17.0 Å². The van der Waals surface area contributed by atoms with Crippen molar-refractivity contribution in [1.82, 2.24) is 19.5 Å². The van der Waals surface area contributed by atoms with Crippen molar-refractivity contribution in [2.45, 2.75) is 43.4 Å². The number of imidazole rings is 1. The van der Waals surface area contributed by atoms with E-state index >= 15 is 0 Å². The van der Waals surface area contributed by atoms with Gasteiger partial charge in [0, 0.05) is 6.54 Å². The highest BCUT2D eigenvalue weighted by Gasteiger charge is 2.62.